The summed E-state index contributed by atoms with van der Waals surface area (Å²) in [6, 6.07) is 0.476. The fraction of sp³-hybridized carbons (Fsp3) is 0.812. The SMILES string of the molecule is CCCNC(Cc1c(Br)c(CC)nn1C)C(C)(C)CC. The van der Waals surface area contributed by atoms with Crippen molar-refractivity contribution in [1.29, 1.82) is 0 Å². The maximum Gasteiger partial charge on any atom is 0.0766 e. The second-order valence-electron chi connectivity index (χ2n) is 6.24. The van der Waals surface area contributed by atoms with Crippen molar-refractivity contribution in [3.05, 3.63) is 15.9 Å². The number of rotatable bonds is 8. The van der Waals surface area contributed by atoms with Crippen molar-refractivity contribution in [3.8, 4) is 0 Å². The summed E-state index contributed by atoms with van der Waals surface area (Å²) in [5, 5.41) is 8.34. The van der Waals surface area contributed by atoms with Crippen LogP contribution in [0.3, 0.4) is 0 Å². The van der Waals surface area contributed by atoms with Crippen molar-refractivity contribution in [2.45, 2.75) is 66.3 Å². The molecule has 20 heavy (non-hydrogen) atoms. The first kappa shape index (κ1) is 17.7. The number of hydrogen-bond donors (Lipinski definition) is 1. The zero-order valence-electron chi connectivity index (χ0n) is 13.9. The summed E-state index contributed by atoms with van der Waals surface area (Å²) in [7, 11) is 2.05. The predicted octanol–water partition coefficient (Wildman–Crippen LogP) is 4.09. The highest BCUT2D eigenvalue weighted by atomic mass is 79.9. The smallest absolute Gasteiger partial charge is 0.0766 e. The van der Waals surface area contributed by atoms with Crippen molar-refractivity contribution in [2.24, 2.45) is 12.5 Å². The lowest BCUT2D eigenvalue weighted by molar-refractivity contribution is 0.227. The van der Waals surface area contributed by atoms with Crippen LogP contribution in [-0.2, 0) is 19.9 Å². The fourth-order valence-corrected chi connectivity index (χ4v) is 3.20. The van der Waals surface area contributed by atoms with E-state index in [1.54, 1.807) is 0 Å². The third-order valence-corrected chi connectivity index (χ3v) is 5.31. The molecule has 0 aliphatic heterocycles. The molecule has 0 radical (unpaired) electrons. The van der Waals surface area contributed by atoms with Crippen molar-refractivity contribution >= 4 is 15.9 Å². The standard InChI is InChI=1S/C16H30BrN3/c1-7-10-18-14(16(4,5)9-3)11-13-15(17)12(8-2)19-20(13)6/h14,18H,7-11H2,1-6H3. The second kappa shape index (κ2) is 7.60. The van der Waals surface area contributed by atoms with E-state index in [1.165, 1.54) is 23.0 Å². The lowest BCUT2D eigenvalue weighted by Gasteiger charge is -2.34. The van der Waals surface area contributed by atoms with Crippen LogP contribution >= 0.6 is 15.9 Å². The van der Waals surface area contributed by atoms with Crippen molar-refractivity contribution in [1.82, 2.24) is 15.1 Å². The van der Waals surface area contributed by atoms with Gasteiger partial charge in [0, 0.05) is 19.5 Å². The van der Waals surface area contributed by atoms with Gasteiger partial charge in [-0.25, -0.2) is 0 Å². The number of halogens is 1. The molecular weight excluding hydrogens is 314 g/mol. The first-order valence-electron chi connectivity index (χ1n) is 7.80. The van der Waals surface area contributed by atoms with Crippen LogP contribution in [0, 0.1) is 5.41 Å². The molecule has 1 N–H and O–H groups in total. The number of aromatic nitrogens is 2. The minimum Gasteiger partial charge on any atom is -0.313 e. The highest BCUT2D eigenvalue weighted by Gasteiger charge is 2.29. The Labute approximate surface area is 132 Å². The molecular formula is C16H30BrN3. The Bertz CT molecular complexity index is 424. The number of nitrogens with one attached hydrogen (secondary N) is 1. The molecule has 0 aliphatic rings. The van der Waals surface area contributed by atoms with E-state index in [1.807, 2.05) is 4.68 Å². The van der Waals surface area contributed by atoms with Crippen LogP contribution in [0.15, 0.2) is 4.47 Å². The monoisotopic (exact) mass is 343 g/mol. The highest BCUT2D eigenvalue weighted by Crippen LogP contribution is 2.30. The van der Waals surface area contributed by atoms with Gasteiger partial charge in [-0.05, 0) is 47.2 Å². The van der Waals surface area contributed by atoms with Gasteiger partial charge in [-0.1, -0.05) is 34.6 Å². The summed E-state index contributed by atoms with van der Waals surface area (Å²) in [6.45, 7) is 12.4. The molecule has 1 aromatic rings. The predicted molar refractivity (Wildman–Crippen MR) is 90.1 cm³/mol. The summed E-state index contributed by atoms with van der Waals surface area (Å²) in [5.74, 6) is 0. The van der Waals surface area contributed by atoms with Crippen LogP contribution < -0.4 is 5.32 Å². The van der Waals surface area contributed by atoms with Crippen LogP contribution in [0.4, 0.5) is 0 Å². The van der Waals surface area contributed by atoms with Gasteiger partial charge in [-0.2, -0.15) is 5.10 Å². The van der Waals surface area contributed by atoms with E-state index in [9.17, 15) is 0 Å². The van der Waals surface area contributed by atoms with Crippen LogP contribution in [0.1, 0.15) is 58.8 Å². The molecule has 1 heterocycles. The number of hydrogen-bond acceptors (Lipinski definition) is 2. The summed E-state index contributed by atoms with van der Waals surface area (Å²) < 4.78 is 3.23. The quantitative estimate of drug-likeness (QED) is 0.770. The second-order valence-corrected chi connectivity index (χ2v) is 7.03. The molecule has 3 nitrogen and oxygen atoms in total. The molecule has 0 aromatic carbocycles. The van der Waals surface area contributed by atoms with Gasteiger partial charge in [-0.3, -0.25) is 4.68 Å². The van der Waals surface area contributed by atoms with Gasteiger partial charge in [0.1, 0.15) is 0 Å². The van der Waals surface area contributed by atoms with Gasteiger partial charge in [0.05, 0.1) is 15.9 Å². The average molecular weight is 344 g/mol. The molecule has 0 amide bonds. The van der Waals surface area contributed by atoms with Crippen LogP contribution in [-0.4, -0.2) is 22.4 Å². The zero-order chi connectivity index (χ0) is 15.3. The van der Waals surface area contributed by atoms with Gasteiger partial charge in [-0.15, -0.1) is 0 Å². The third-order valence-electron chi connectivity index (χ3n) is 4.40. The minimum atomic E-state index is 0.283. The van der Waals surface area contributed by atoms with E-state index in [0.29, 0.717) is 6.04 Å². The summed E-state index contributed by atoms with van der Waals surface area (Å²) in [5.41, 5.74) is 2.74. The van der Waals surface area contributed by atoms with E-state index >= 15 is 0 Å². The van der Waals surface area contributed by atoms with Gasteiger partial charge < -0.3 is 5.32 Å². The Morgan fingerprint density at radius 3 is 2.40 bits per heavy atom. The van der Waals surface area contributed by atoms with E-state index in [-0.39, 0.29) is 5.41 Å². The number of aryl methyl sites for hydroxylation is 2. The van der Waals surface area contributed by atoms with Crippen molar-refractivity contribution in [2.75, 3.05) is 6.54 Å². The Balaban J connectivity index is 2.97. The minimum absolute atomic E-state index is 0.283. The van der Waals surface area contributed by atoms with Crippen LogP contribution in [0.5, 0.6) is 0 Å². The molecule has 0 bridgehead atoms. The zero-order valence-corrected chi connectivity index (χ0v) is 15.5. The third kappa shape index (κ3) is 4.08. The lowest BCUT2D eigenvalue weighted by Crippen LogP contribution is -2.44. The molecule has 0 spiro atoms. The molecule has 0 fully saturated rings. The van der Waals surface area contributed by atoms with Gasteiger partial charge >= 0.3 is 0 Å². The molecule has 0 aliphatic carbocycles. The maximum absolute atomic E-state index is 4.61. The lowest BCUT2D eigenvalue weighted by atomic mass is 9.79. The Kier molecular flexibility index (Phi) is 6.73. The van der Waals surface area contributed by atoms with Crippen LogP contribution in [0.25, 0.3) is 0 Å². The normalized spacial score (nSPS) is 13.8. The maximum atomic E-state index is 4.61. The molecule has 4 heteroatoms. The number of nitrogens with zero attached hydrogens (tertiary/aromatic N) is 2. The molecule has 1 unspecified atom stereocenters. The Morgan fingerprint density at radius 2 is 1.95 bits per heavy atom. The molecule has 1 aromatic heterocycles. The topological polar surface area (TPSA) is 29.9 Å². The van der Waals surface area contributed by atoms with Gasteiger partial charge in [0.25, 0.3) is 0 Å². The first-order chi connectivity index (χ1) is 9.37. The molecule has 1 rings (SSSR count). The van der Waals surface area contributed by atoms with Gasteiger partial charge in [0.15, 0.2) is 0 Å². The van der Waals surface area contributed by atoms with Crippen LogP contribution in [0.2, 0.25) is 0 Å². The molecule has 0 saturated heterocycles. The van der Waals surface area contributed by atoms with Gasteiger partial charge in [0.2, 0.25) is 0 Å². The molecule has 0 saturated carbocycles. The Hall–Kier alpha value is -0.350. The highest BCUT2D eigenvalue weighted by molar-refractivity contribution is 9.10. The van der Waals surface area contributed by atoms with Crippen molar-refractivity contribution < 1.29 is 0 Å². The van der Waals surface area contributed by atoms with E-state index in [2.05, 4.69) is 68.0 Å². The molecule has 1 atom stereocenters. The molecule has 116 valence electrons. The summed E-state index contributed by atoms with van der Waals surface area (Å²) >= 11 is 3.74. The summed E-state index contributed by atoms with van der Waals surface area (Å²) in [4.78, 5) is 0. The largest absolute Gasteiger partial charge is 0.313 e. The van der Waals surface area contributed by atoms with E-state index in [0.717, 1.165) is 25.1 Å². The summed E-state index contributed by atoms with van der Waals surface area (Å²) in [6.07, 6.45) is 4.33. The van der Waals surface area contributed by atoms with E-state index in [4.69, 9.17) is 0 Å². The van der Waals surface area contributed by atoms with E-state index < -0.39 is 0 Å². The van der Waals surface area contributed by atoms with Crippen molar-refractivity contribution in [3.63, 3.8) is 0 Å². The Morgan fingerprint density at radius 1 is 1.30 bits per heavy atom. The first-order valence-corrected chi connectivity index (χ1v) is 8.60. The fourth-order valence-electron chi connectivity index (χ4n) is 2.42. The average Bonchev–Trinajstić information content (AvgIpc) is 2.69.